The average Bonchev–Trinajstić information content (AvgIpc) is 3.37. The number of hydrogen-bond donors (Lipinski definition) is 1. The fourth-order valence-electron chi connectivity index (χ4n) is 4.41. The van der Waals surface area contributed by atoms with Crippen LogP contribution in [0, 0.1) is 0 Å². The maximum Gasteiger partial charge on any atom is 0.279 e. The van der Waals surface area contributed by atoms with Crippen LogP contribution in [0.15, 0.2) is 48.5 Å². The lowest BCUT2D eigenvalue weighted by Crippen LogP contribution is -2.46. The lowest BCUT2D eigenvalue weighted by molar-refractivity contribution is -0.130. The second-order valence-corrected chi connectivity index (χ2v) is 9.34. The molecule has 8 heteroatoms. The van der Waals surface area contributed by atoms with Crippen LogP contribution in [0.1, 0.15) is 19.3 Å². The van der Waals surface area contributed by atoms with Crippen LogP contribution < -0.4 is 9.47 Å². The van der Waals surface area contributed by atoms with E-state index >= 15 is 0 Å². The van der Waals surface area contributed by atoms with Crippen LogP contribution in [0.3, 0.4) is 0 Å². The van der Waals surface area contributed by atoms with Gasteiger partial charge in [0.25, 0.3) is 5.19 Å². The Balaban J connectivity index is 1.05. The van der Waals surface area contributed by atoms with Crippen LogP contribution >= 0.6 is 11.3 Å². The number of rotatable bonds is 7. The number of thiazole rings is 1. The summed E-state index contributed by atoms with van der Waals surface area (Å²) in [7, 11) is 0. The highest BCUT2D eigenvalue weighted by Gasteiger charge is 2.34. The number of amides is 1. The van der Waals surface area contributed by atoms with Crippen molar-refractivity contribution in [3.05, 3.63) is 48.5 Å². The molecule has 2 saturated heterocycles. The second-order valence-electron chi connectivity index (χ2n) is 8.35. The number of aliphatic hydroxyl groups excluding tert-OH is 1. The summed E-state index contributed by atoms with van der Waals surface area (Å²) in [6, 6.07) is 15.9. The Morgan fingerprint density at radius 1 is 1.06 bits per heavy atom. The van der Waals surface area contributed by atoms with Gasteiger partial charge in [0, 0.05) is 32.2 Å². The van der Waals surface area contributed by atoms with Gasteiger partial charge >= 0.3 is 0 Å². The normalized spacial score (nSPS) is 20.2. The van der Waals surface area contributed by atoms with Crippen molar-refractivity contribution in [2.24, 2.45) is 0 Å². The molecule has 0 radical (unpaired) electrons. The van der Waals surface area contributed by atoms with Crippen molar-refractivity contribution in [3.63, 3.8) is 0 Å². The molecule has 1 aromatic heterocycles. The van der Waals surface area contributed by atoms with Gasteiger partial charge in [-0.15, -0.1) is 0 Å². The van der Waals surface area contributed by atoms with E-state index in [4.69, 9.17) is 9.47 Å². The van der Waals surface area contributed by atoms with E-state index in [2.05, 4.69) is 9.88 Å². The van der Waals surface area contributed by atoms with Gasteiger partial charge in [-0.1, -0.05) is 23.5 Å². The first-order valence-electron chi connectivity index (χ1n) is 11.1. The minimum atomic E-state index is -0.494. The third-order valence-corrected chi connectivity index (χ3v) is 7.03. The largest absolute Gasteiger partial charge is 0.492 e. The minimum absolute atomic E-state index is 0.0924. The lowest BCUT2D eigenvalue weighted by atomic mass is 10.0. The van der Waals surface area contributed by atoms with Crippen LogP contribution in [0.25, 0.3) is 10.2 Å². The first-order chi connectivity index (χ1) is 15.6. The summed E-state index contributed by atoms with van der Waals surface area (Å²) in [4.78, 5) is 20.7. The number of ether oxygens (including phenoxy) is 2. The van der Waals surface area contributed by atoms with Crippen molar-refractivity contribution >= 4 is 27.5 Å². The Kier molecular flexibility index (Phi) is 6.25. The molecule has 0 bridgehead atoms. The molecule has 0 unspecified atom stereocenters. The molecule has 7 nitrogen and oxygen atoms in total. The zero-order valence-electron chi connectivity index (χ0n) is 17.9. The molecule has 32 heavy (non-hydrogen) atoms. The molecule has 0 saturated carbocycles. The van der Waals surface area contributed by atoms with Gasteiger partial charge in [-0.05, 0) is 49.2 Å². The van der Waals surface area contributed by atoms with E-state index in [1.54, 1.807) is 0 Å². The first kappa shape index (κ1) is 21.2. The summed E-state index contributed by atoms with van der Waals surface area (Å²) in [6.07, 6.45) is 1.69. The molecular formula is C24H27N3O4S. The van der Waals surface area contributed by atoms with Gasteiger partial charge in [0.15, 0.2) is 0 Å². The second kappa shape index (κ2) is 9.44. The highest BCUT2D eigenvalue weighted by Crippen LogP contribution is 2.31. The molecule has 0 aliphatic carbocycles. The predicted octanol–water partition coefficient (Wildman–Crippen LogP) is 3.53. The van der Waals surface area contributed by atoms with E-state index in [-0.39, 0.29) is 18.4 Å². The molecular weight excluding hydrogens is 426 g/mol. The molecule has 2 aliphatic rings. The summed E-state index contributed by atoms with van der Waals surface area (Å²) in [5.41, 5.74) is 0.945. The van der Waals surface area contributed by atoms with Crippen LogP contribution in [0.2, 0.25) is 0 Å². The molecule has 3 aromatic rings. The van der Waals surface area contributed by atoms with Gasteiger partial charge < -0.3 is 19.5 Å². The van der Waals surface area contributed by atoms with E-state index in [9.17, 15) is 9.90 Å². The van der Waals surface area contributed by atoms with Crippen LogP contribution in [-0.2, 0) is 4.79 Å². The number of likely N-dealkylation sites (tertiary alicyclic amines) is 2. The van der Waals surface area contributed by atoms with E-state index in [1.165, 1.54) is 11.3 Å². The monoisotopic (exact) mass is 453 g/mol. The highest BCUT2D eigenvalue weighted by atomic mass is 32.1. The molecule has 1 N–H and O–H groups in total. The summed E-state index contributed by atoms with van der Waals surface area (Å²) >= 11 is 1.53. The molecule has 2 aromatic carbocycles. The Hall–Kier alpha value is -2.68. The third kappa shape index (κ3) is 4.87. The van der Waals surface area contributed by atoms with Gasteiger partial charge in [-0.2, -0.15) is 0 Å². The summed E-state index contributed by atoms with van der Waals surface area (Å²) < 4.78 is 12.9. The number of benzene rings is 2. The molecule has 2 fully saturated rings. The van der Waals surface area contributed by atoms with Gasteiger partial charge in [-0.3, -0.25) is 9.69 Å². The molecule has 1 amide bonds. The Morgan fingerprint density at radius 2 is 1.81 bits per heavy atom. The Labute approximate surface area is 191 Å². The molecule has 0 spiro atoms. The maximum atomic E-state index is 12.0. The number of aromatic nitrogens is 1. The van der Waals surface area contributed by atoms with Crippen LogP contribution in [0.5, 0.6) is 16.7 Å². The van der Waals surface area contributed by atoms with Crippen LogP contribution in [-0.4, -0.2) is 70.7 Å². The SMILES string of the molecule is O=C1C[C@H](O)CN1C1CCN(CCOc2ccc(Oc3nc4ccccc4s3)cc2)CC1. The van der Waals surface area contributed by atoms with E-state index in [0.717, 1.165) is 54.2 Å². The molecule has 2 aliphatic heterocycles. The number of piperidine rings is 1. The maximum absolute atomic E-state index is 12.0. The summed E-state index contributed by atoms with van der Waals surface area (Å²) in [6.45, 7) is 3.86. The van der Waals surface area contributed by atoms with Gasteiger partial charge in [0.2, 0.25) is 5.91 Å². The van der Waals surface area contributed by atoms with E-state index in [1.807, 2.05) is 53.4 Å². The topological polar surface area (TPSA) is 75.1 Å². The fourth-order valence-corrected chi connectivity index (χ4v) is 5.25. The quantitative estimate of drug-likeness (QED) is 0.590. The van der Waals surface area contributed by atoms with E-state index < -0.39 is 6.10 Å². The number of β-amino-alcohol motifs (C(OH)–C–C–N with tert-alkyl or cyclic N) is 1. The molecule has 3 heterocycles. The molecule has 5 rings (SSSR count). The molecule has 1 atom stereocenters. The van der Waals surface area contributed by atoms with Crippen LogP contribution in [0.4, 0.5) is 0 Å². The number of para-hydroxylation sites is 1. The Bertz CT molecular complexity index is 1030. The molecule has 168 valence electrons. The van der Waals surface area contributed by atoms with Gasteiger partial charge in [-0.25, -0.2) is 4.98 Å². The Morgan fingerprint density at radius 3 is 2.53 bits per heavy atom. The van der Waals surface area contributed by atoms with Gasteiger partial charge in [0.1, 0.15) is 18.1 Å². The standard InChI is InChI=1S/C24H27N3O4S/c28-18-15-23(29)27(16-18)17-9-11-26(12-10-17)13-14-30-19-5-7-20(8-6-19)31-24-25-21-3-1-2-4-22(21)32-24/h1-8,17-18,28H,9-16H2/t18-/m0/s1. The number of carbonyl (C=O) groups excluding carboxylic acids is 1. The smallest absolute Gasteiger partial charge is 0.279 e. The van der Waals surface area contributed by atoms with Crippen molar-refractivity contribution in [2.45, 2.75) is 31.4 Å². The zero-order chi connectivity index (χ0) is 21.9. The van der Waals surface area contributed by atoms with E-state index in [0.29, 0.717) is 18.3 Å². The number of carbonyl (C=O) groups is 1. The van der Waals surface area contributed by atoms with Crippen molar-refractivity contribution in [2.75, 3.05) is 32.8 Å². The number of fused-ring (bicyclic) bond motifs is 1. The van der Waals surface area contributed by atoms with Crippen molar-refractivity contribution in [1.82, 2.24) is 14.8 Å². The van der Waals surface area contributed by atoms with Gasteiger partial charge in [0.05, 0.1) is 22.7 Å². The fraction of sp³-hybridized carbons (Fsp3) is 0.417. The lowest BCUT2D eigenvalue weighted by Gasteiger charge is -2.36. The van der Waals surface area contributed by atoms with Crippen molar-refractivity contribution in [3.8, 4) is 16.7 Å². The summed E-state index contributed by atoms with van der Waals surface area (Å²) in [5.74, 6) is 1.64. The number of aliphatic hydroxyl groups is 1. The summed E-state index contributed by atoms with van der Waals surface area (Å²) in [5, 5.41) is 10.3. The third-order valence-electron chi connectivity index (χ3n) is 6.12. The number of nitrogens with zero attached hydrogens (tertiary/aromatic N) is 3. The first-order valence-corrected chi connectivity index (χ1v) is 11.9. The highest BCUT2D eigenvalue weighted by molar-refractivity contribution is 7.20. The minimum Gasteiger partial charge on any atom is -0.492 e. The van der Waals surface area contributed by atoms with Crippen molar-refractivity contribution < 1.29 is 19.4 Å². The number of hydrogen-bond acceptors (Lipinski definition) is 7. The van der Waals surface area contributed by atoms with Crippen molar-refractivity contribution in [1.29, 1.82) is 0 Å². The average molecular weight is 454 g/mol. The predicted molar refractivity (Wildman–Crippen MR) is 123 cm³/mol. The zero-order valence-corrected chi connectivity index (χ0v) is 18.7.